The summed E-state index contributed by atoms with van der Waals surface area (Å²) in [4.78, 5) is 32.3. The maximum Gasteiger partial charge on any atom is 0.410 e. The number of fused-ring (bicyclic) bond motifs is 1. The van der Waals surface area contributed by atoms with Crippen LogP contribution < -0.4 is 15.2 Å². The number of carbonyl (C=O) groups excluding carboxylic acids is 1. The third-order valence-electron chi connectivity index (χ3n) is 8.78. The second kappa shape index (κ2) is 13.2. The minimum absolute atomic E-state index is 0.0270. The summed E-state index contributed by atoms with van der Waals surface area (Å²) in [6.45, 7) is 15.0. The van der Waals surface area contributed by atoms with Crippen LogP contribution in [-0.4, -0.2) is 75.3 Å². The van der Waals surface area contributed by atoms with Crippen LogP contribution in [0.5, 0.6) is 11.5 Å². The van der Waals surface area contributed by atoms with E-state index >= 15 is 0 Å². The molecular weight excluding hydrogens is 713 g/mol. The van der Waals surface area contributed by atoms with E-state index in [0.717, 1.165) is 59.9 Å². The fraction of sp³-hybridized carbons (Fsp3) is 0.429. The maximum atomic E-state index is 13.1. The van der Waals surface area contributed by atoms with Crippen LogP contribution in [0.3, 0.4) is 0 Å². The zero-order chi connectivity index (χ0) is 32.7. The fourth-order valence-corrected chi connectivity index (χ4v) is 7.51. The second-order valence-electron chi connectivity index (χ2n) is 13.5. The molecule has 46 heavy (non-hydrogen) atoms. The summed E-state index contributed by atoms with van der Waals surface area (Å²) >= 11 is 2.21. The number of halogens is 1. The number of anilines is 1. The van der Waals surface area contributed by atoms with Crippen molar-refractivity contribution in [3.8, 4) is 22.6 Å². The molecule has 1 amide bonds. The van der Waals surface area contributed by atoms with E-state index in [2.05, 4.69) is 75.2 Å². The van der Waals surface area contributed by atoms with Gasteiger partial charge >= 0.3 is 6.09 Å². The summed E-state index contributed by atoms with van der Waals surface area (Å²) in [5, 5.41) is 0.908. The lowest BCUT2D eigenvalue weighted by atomic mass is 9.96. The van der Waals surface area contributed by atoms with E-state index in [-0.39, 0.29) is 11.7 Å². The van der Waals surface area contributed by atoms with Crippen molar-refractivity contribution in [1.29, 1.82) is 0 Å². The number of nitrogens with zero attached hydrogens (tertiary/aromatic N) is 5. The molecule has 0 atom stereocenters. The van der Waals surface area contributed by atoms with Gasteiger partial charge in [-0.3, -0.25) is 13.7 Å². The first kappa shape index (κ1) is 32.8. The van der Waals surface area contributed by atoms with Gasteiger partial charge in [-0.1, -0.05) is 26.0 Å². The molecule has 6 rings (SSSR count). The third kappa shape index (κ3) is 6.77. The number of rotatable bonds is 7. The molecule has 2 aromatic carbocycles. The van der Waals surface area contributed by atoms with Crippen LogP contribution in [0.1, 0.15) is 46.1 Å². The van der Waals surface area contributed by atoms with Gasteiger partial charge in [0.1, 0.15) is 22.6 Å². The summed E-state index contributed by atoms with van der Waals surface area (Å²) in [5.41, 5.74) is 4.42. The van der Waals surface area contributed by atoms with E-state index in [9.17, 15) is 9.59 Å². The molecule has 11 heteroatoms. The van der Waals surface area contributed by atoms with Crippen LogP contribution in [0.15, 0.2) is 65.7 Å². The molecule has 9 nitrogen and oxygen atoms in total. The van der Waals surface area contributed by atoms with Gasteiger partial charge in [-0.25, -0.2) is 4.79 Å². The molecule has 0 saturated carbocycles. The number of hydrogen-bond donors (Lipinski definition) is 0. The molecule has 0 bridgehead atoms. The van der Waals surface area contributed by atoms with Crippen molar-refractivity contribution < 1.29 is 14.3 Å². The average molecular weight is 756 g/mol. The Balaban J connectivity index is 1.18. The smallest absolute Gasteiger partial charge is 0.410 e. The van der Waals surface area contributed by atoms with E-state index in [1.165, 1.54) is 14.7 Å². The topological polar surface area (TPSA) is 72.2 Å². The zero-order valence-electron chi connectivity index (χ0n) is 27.3. The van der Waals surface area contributed by atoms with E-state index < -0.39 is 5.60 Å². The third-order valence-corrected chi connectivity index (χ3v) is 10.5. The summed E-state index contributed by atoms with van der Waals surface area (Å²) in [5.74, 6) is 1.86. The Morgan fingerprint density at radius 2 is 1.74 bits per heavy atom. The number of hydrogen-bond acceptors (Lipinski definition) is 7. The van der Waals surface area contributed by atoms with Crippen molar-refractivity contribution in [2.24, 2.45) is 7.05 Å². The number of piperazine rings is 1. The van der Waals surface area contributed by atoms with Crippen molar-refractivity contribution in [2.75, 3.05) is 44.2 Å². The van der Waals surface area contributed by atoms with Gasteiger partial charge in [0.2, 0.25) is 0 Å². The van der Waals surface area contributed by atoms with E-state index in [1.54, 1.807) is 11.6 Å². The first-order valence-electron chi connectivity index (χ1n) is 15.8. The molecule has 244 valence electrons. The van der Waals surface area contributed by atoms with Crippen LogP contribution in [0.2, 0.25) is 0 Å². The normalized spacial score (nSPS) is 16.3. The number of benzene rings is 2. The van der Waals surface area contributed by atoms with Gasteiger partial charge in [-0.15, -0.1) is 0 Å². The lowest BCUT2D eigenvalue weighted by molar-refractivity contribution is 0.00876. The zero-order valence-corrected chi connectivity index (χ0v) is 30.3. The molecule has 0 N–H and O–H groups in total. The molecule has 0 radical (unpaired) electrons. The molecule has 4 heterocycles. The predicted molar refractivity (Wildman–Crippen MR) is 196 cm³/mol. The summed E-state index contributed by atoms with van der Waals surface area (Å²) in [6, 6.07) is 17.1. The van der Waals surface area contributed by atoms with Gasteiger partial charge in [-0.2, -0.15) is 0 Å². The Bertz CT molecular complexity index is 1800. The predicted octanol–water partition coefficient (Wildman–Crippen LogP) is 7.51. The van der Waals surface area contributed by atoms with Gasteiger partial charge in [0, 0.05) is 123 Å². The van der Waals surface area contributed by atoms with Crippen LogP contribution in [-0.2, 0) is 11.8 Å². The molecule has 0 unspecified atom stereocenters. The van der Waals surface area contributed by atoms with Crippen LogP contribution in [0, 0.1) is 0 Å². The molecule has 0 aliphatic carbocycles. The Morgan fingerprint density at radius 1 is 1.00 bits per heavy atom. The minimum atomic E-state index is -0.478. The second-order valence-corrected chi connectivity index (χ2v) is 15.2. The SMILES string of the molecule is CC(C)c1ccc(Oc2cccc(N3CC(N4CCN(C(=O)OC(C)(C)C)CC4)C3)c2)c(-c2cn(C)c(=O)c3c2ccn3SI)c1. The highest BCUT2D eigenvalue weighted by molar-refractivity contribution is 14.2. The molecule has 2 aliphatic rings. The number of aromatic nitrogens is 2. The van der Waals surface area contributed by atoms with Crippen molar-refractivity contribution in [2.45, 2.75) is 52.2 Å². The number of amides is 1. The first-order valence-corrected chi connectivity index (χ1v) is 19.1. The van der Waals surface area contributed by atoms with E-state index in [0.29, 0.717) is 30.6 Å². The van der Waals surface area contributed by atoms with Gasteiger partial charge < -0.3 is 23.8 Å². The van der Waals surface area contributed by atoms with Crippen LogP contribution >= 0.6 is 30.3 Å². The monoisotopic (exact) mass is 755 g/mol. The van der Waals surface area contributed by atoms with E-state index in [4.69, 9.17) is 9.47 Å². The first-order chi connectivity index (χ1) is 21.9. The highest BCUT2D eigenvalue weighted by Gasteiger charge is 2.35. The van der Waals surface area contributed by atoms with Crippen molar-refractivity contribution in [3.05, 3.63) is 76.8 Å². The van der Waals surface area contributed by atoms with Crippen LogP contribution in [0.4, 0.5) is 10.5 Å². The number of pyridine rings is 1. The quantitative estimate of drug-likeness (QED) is 0.181. The molecule has 2 aliphatic heterocycles. The Morgan fingerprint density at radius 3 is 2.41 bits per heavy atom. The highest BCUT2D eigenvalue weighted by atomic mass is 127. The Labute approximate surface area is 287 Å². The Hall–Kier alpha value is -3.16. The van der Waals surface area contributed by atoms with Gasteiger partial charge in [0.15, 0.2) is 0 Å². The summed E-state index contributed by atoms with van der Waals surface area (Å²) < 4.78 is 15.8. The lowest BCUT2D eigenvalue weighted by Gasteiger charge is -2.49. The van der Waals surface area contributed by atoms with Crippen molar-refractivity contribution in [3.63, 3.8) is 0 Å². The number of aryl methyl sites for hydroxylation is 1. The largest absolute Gasteiger partial charge is 0.457 e. The highest BCUT2D eigenvalue weighted by Crippen LogP contribution is 2.40. The minimum Gasteiger partial charge on any atom is -0.457 e. The van der Waals surface area contributed by atoms with E-state index in [1.807, 2.05) is 60.2 Å². The van der Waals surface area contributed by atoms with Gasteiger partial charge in [0.05, 0.1) is 0 Å². The summed E-state index contributed by atoms with van der Waals surface area (Å²) in [7, 11) is 3.29. The fourth-order valence-electron chi connectivity index (χ4n) is 6.17. The molecule has 2 aromatic heterocycles. The van der Waals surface area contributed by atoms with Gasteiger partial charge in [0.25, 0.3) is 5.56 Å². The maximum absolute atomic E-state index is 13.1. The number of ether oxygens (including phenoxy) is 2. The Kier molecular flexibility index (Phi) is 9.37. The summed E-state index contributed by atoms with van der Waals surface area (Å²) in [6.07, 6.45) is 3.65. The van der Waals surface area contributed by atoms with Crippen LogP contribution in [0.25, 0.3) is 22.0 Å². The molecule has 4 aromatic rings. The molecule has 0 spiro atoms. The van der Waals surface area contributed by atoms with Crippen molar-refractivity contribution in [1.82, 2.24) is 18.3 Å². The van der Waals surface area contributed by atoms with Gasteiger partial charge in [-0.05, 0) is 62.6 Å². The lowest BCUT2D eigenvalue weighted by Crippen LogP contribution is -2.63. The number of carbonyl (C=O) groups is 1. The molecule has 2 saturated heterocycles. The average Bonchev–Trinajstić information content (AvgIpc) is 3.43. The van der Waals surface area contributed by atoms with Crippen molar-refractivity contribution >= 4 is 53.0 Å². The molecular formula is C35H42IN5O4S. The standard InChI is InChI=1S/C35H42IN5O4S/c1-23(2)24-10-11-31(29(18-24)30-22-37(6)33(42)32-28(30)12-13-41(32)46-36)44-27-9-7-8-25(19-27)40-20-26(21-40)38-14-16-39(17-15-38)34(43)45-35(3,4)5/h7-13,18-19,22-23,26H,14-17,20-21H2,1-6H3. The molecule has 2 fully saturated rings.